The molecule has 26 heavy (non-hydrogen) atoms. The van der Waals surface area contributed by atoms with E-state index in [0.717, 1.165) is 16.6 Å². The fourth-order valence-corrected chi connectivity index (χ4v) is 4.72. The molecule has 4 atom stereocenters. The summed E-state index contributed by atoms with van der Waals surface area (Å²) in [6, 6.07) is 14.7. The summed E-state index contributed by atoms with van der Waals surface area (Å²) in [5.41, 5.74) is 0.622. The van der Waals surface area contributed by atoms with Crippen molar-refractivity contribution in [1.29, 1.82) is 0 Å². The van der Waals surface area contributed by atoms with Crippen LogP contribution in [0.3, 0.4) is 0 Å². The lowest BCUT2D eigenvalue weighted by Crippen LogP contribution is -2.32. The van der Waals surface area contributed by atoms with Gasteiger partial charge in [0.15, 0.2) is 0 Å². The zero-order valence-corrected chi connectivity index (χ0v) is 15.4. The molecular formula is C21H16BrNO3. The number of imide groups is 1. The van der Waals surface area contributed by atoms with Crippen molar-refractivity contribution in [3.05, 3.63) is 65.2 Å². The highest BCUT2D eigenvalue weighted by molar-refractivity contribution is 9.10. The number of rotatable bonds is 3. The third kappa shape index (κ3) is 2.34. The number of amides is 2. The quantitative estimate of drug-likeness (QED) is 0.551. The molecule has 1 heterocycles. The average Bonchev–Trinajstić information content (AvgIpc) is 3.32. The number of benzene rings is 2. The average molecular weight is 410 g/mol. The maximum absolute atomic E-state index is 12.8. The molecule has 0 spiro atoms. The Morgan fingerprint density at radius 3 is 1.85 bits per heavy atom. The Kier molecular flexibility index (Phi) is 3.54. The van der Waals surface area contributed by atoms with E-state index < -0.39 is 0 Å². The summed E-state index contributed by atoms with van der Waals surface area (Å²) in [7, 11) is 0. The molecule has 5 rings (SSSR count). The van der Waals surface area contributed by atoms with E-state index in [4.69, 9.17) is 4.74 Å². The lowest BCUT2D eigenvalue weighted by molar-refractivity contribution is -0.123. The molecule has 1 aliphatic heterocycles. The summed E-state index contributed by atoms with van der Waals surface area (Å²) in [6.45, 7) is 0. The maximum Gasteiger partial charge on any atom is 0.238 e. The van der Waals surface area contributed by atoms with E-state index >= 15 is 0 Å². The van der Waals surface area contributed by atoms with Gasteiger partial charge in [-0.05, 0) is 66.8 Å². The normalized spacial score (nSPS) is 28.7. The maximum atomic E-state index is 12.8. The first-order valence-corrected chi connectivity index (χ1v) is 9.51. The van der Waals surface area contributed by atoms with Gasteiger partial charge in [-0.1, -0.05) is 28.1 Å². The predicted molar refractivity (Wildman–Crippen MR) is 101 cm³/mol. The number of fused-ring (bicyclic) bond motifs is 5. The number of hydrogen-bond acceptors (Lipinski definition) is 3. The summed E-state index contributed by atoms with van der Waals surface area (Å²) in [6.07, 6.45) is 5.16. The minimum Gasteiger partial charge on any atom is -0.457 e. The SMILES string of the molecule is O=C1[C@@H]2[C@@H](C(=O)N1c1ccc(Oc3ccc(Br)cc3)cc1)[C@H]1C=C[C@@H]2C1. The molecule has 0 N–H and O–H groups in total. The van der Waals surface area contributed by atoms with Crippen LogP contribution in [0.25, 0.3) is 0 Å². The van der Waals surface area contributed by atoms with Crippen molar-refractivity contribution in [2.75, 3.05) is 4.90 Å². The van der Waals surface area contributed by atoms with Crippen LogP contribution < -0.4 is 9.64 Å². The molecule has 130 valence electrons. The van der Waals surface area contributed by atoms with Gasteiger partial charge in [0.05, 0.1) is 17.5 Å². The Labute approximate surface area is 159 Å². The highest BCUT2D eigenvalue weighted by atomic mass is 79.9. The van der Waals surface area contributed by atoms with Crippen molar-refractivity contribution in [1.82, 2.24) is 0 Å². The Morgan fingerprint density at radius 1 is 0.808 bits per heavy atom. The lowest BCUT2D eigenvalue weighted by atomic mass is 9.85. The number of allylic oxidation sites excluding steroid dienone is 2. The summed E-state index contributed by atoms with van der Waals surface area (Å²) < 4.78 is 6.79. The molecule has 0 radical (unpaired) electrons. The van der Waals surface area contributed by atoms with Gasteiger partial charge < -0.3 is 4.74 Å². The molecule has 2 amide bonds. The van der Waals surface area contributed by atoms with Crippen LogP contribution in [0.4, 0.5) is 5.69 Å². The van der Waals surface area contributed by atoms with Crippen molar-refractivity contribution < 1.29 is 14.3 Å². The van der Waals surface area contributed by atoms with Gasteiger partial charge in [-0.15, -0.1) is 0 Å². The third-order valence-corrected chi connectivity index (χ3v) is 6.14. The number of carbonyl (C=O) groups is 2. The second-order valence-electron chi connectivity index (χ2n) is 7.06. The highest BCUT2D eigenvalue weighted by Crippen LogP contribution is 2.53. The van der Waals surface area contributed by atoms with Gasteiger partial charge in [0.1, 0.15) is 11.5 Å². The predicted octanol–water partition coefficient (Wildman–Crippen LogP) is 4.55. The van der Waals surface area contributed by atoms with Crippen LogP contribution in [0.1, 0.15) is 6.42 Å². The Bertz CT molecular complexity index is 889. The van der Waals surface area contributed by atoms with Gasteiger partial charge >= 0.3 is 0 Å². The zero-order valence-electron chi connectivity index (χ0n) is 13.8. The highest BCUT2D eigenvalue weighted by Gasteiger charge is 2.59. The molecule has 2 bridgehead atoms. The molecular weight excluding hydrogens is 394 g/mol. The number of anilines is 1. The van der Waals surface area contributed by atoms with Gasteiger partial charge in [-0.3, -0.25) is 14.5 Å². The van der Waals surface area contributed by atoms with Gasteiger partial charge in [-0.25, -0.2) is 0 Å². The smallest absolute Gasteiger partial charge is 0.238 e. The summed E-state index contributed by atoms with van der Waals surface area (Å²) in [5, 5.41) is 0. The van der Waals surface area contributed by atoms with Crippen LogP contribution in [0, 0.1) is 23.7 Å². The van der Waals surface area contributed by atoms with E-state index in [1.165, 1.54) is 4.90 Å². The zero-order chi connectivity index (χ0) is 17.8. The van der Waals surface area contributed by atoms with Crippen molar-refractivity contribution in [3.63, 3.8) is 0 Å². The molecule has 0 aromatic heterocycles. The molecule has 1 saturated carbocycles. The summed E-state index contributed by atoms with van der Waals surface area (Å²) in [5.74, 6) is 1.39. The lowest BCUT2D eigenvalue weighted by Gasteiger charge is -2.17. The number of halogens is 1. The van der Waals surface area contributed by atoms with E-state index in [9.17, 15) is 9.59 Å². The summed E-state index contributed by atoms with van der Waals surface area (Å²) in [4.78, 5) is 27.0. The fraction of sp³-hybridized carbons (Fsp3) is 0.238. The van der Waals surface area contributed by atoms with Gasteiger partial charge in [0.25, 0.3) is 0 Å². The van der Waals surface area contributed by atoms with Crippen LogP contribution in [0.5, 0.6) is 11.5 Å². The molecule has 0 unspecified atom stereocenters. The van der Waals surface area contributed by atoms with Crippen LogP contribution in [-0.2, 0) is 9.59 Å². The second kappa shape index (κ2) is 5.81. The van der Waals surface area contributed by atoms with Crippen LogP contribution in [-0.4, -0.2) is 11.8 Å². The minimum absolute atomic E-state index is 0.0570. The van der Waals surface area contributed by atoms with Crippen LogP contribution in [0.2, 0.25) is 0 Å². The van der Waals surface area contributed by atoms with Crippen molar-refractivity contribution in [2.45, 2.75) is 6.42 Å². The Hall–Kier alpha value is -2.40. The van der Waals surface area contributed by atoms with Gasteiger partial charge in [-0.2, -0.15) is 0 Å². The molecule has 2 aromatic rings. The molecule has 3 aliphatic rings. The number of hydrogen-bond donors (Lipinski definition) is 0. The molecule has 2 aromatic carbocycles. The molecule has 2 fully saturated rings. The third-order valence-electron chi connectivity index (χ3n) is 5.61. The number of carbonyl (C=O) groups excluding carboxylic acids is 2. The Balaban J connectivity index is 1.37. The standard InChI is InChI=1S/C21H16BrNO3/c22-14-3-7-16(8-4-14)26-17-9-5-15(6-10-17)23-20(24)18-12-1-2-13(11-12)19(18)21(23)25/h1-10,12-13,18-19H,11H2/t12-,13+,18-,19-/m0/s1. The summed E-state index contributed by atoms with van der Waals surface area (Å²) >= 11 is 3.39. The van der Waals surface area contributed by atoms with Crippen molar-refractivity contribution >= 4 is 33.4 Å². The monoisotopic (exact) mass is 409 g/mol. The van der Waals surface area contributed by atoms with Gasteiger partial charge in [0.2, 0.25) is 11.8 Å². The first kappa shape index (κ1) is 15.8. The first-order valence-electron chi connectivity index (χ1n) is 8.71. The van der Waals surface area contributed by atoms with Crippen molar-refractivity contribution in [2.24, 2.45) is 23.7 Å². The topological polar surface area (TPSA) is 46.6 Å². The second-order valence-corrected chi connectivity index (χ2v) is 7.98. The van der Waals surface area contributed by atoms with Crippen molar-refractivity contribution in [3.8, 4) is 11.5 Å². The van der Waals surface area contributed by atoms with Crippen LogP contribution >= 0.6 is 15.9 Å². The number of ether oxygens (including phenoxy) is 1. The molecule has 4 nitrogen and oxygen atoms in total. The van der Waals surface area contributed by atoms with E-state index in [1.807, 2.05) is 24.3 Å². The number of nitrogens with zero attached hydrogens (tertiary/aromatic N) is 1. The fourth-order valence-electron chi connectivity index (χ4n) is 4.46. The molecule has 5 heteroatoms. The Morgan fingerprint density at radius 2 is 1.31 bits per heavy atom. The largest absolute Gasteiger partial charge is 0.457 e. The van der Waals surface area contributed by atoms with Crippen LogP contribution in [0.15, 0.2) is 65.2 Å². The molecule has 2 aliphatic carbocycles. The first-order chi connectivity index (χ1) is 12.6. The minimum atomic E-state index is -0.170. The van der Waals surface area contributed by atoms with Gasteiger partial charge in [0, 0.05) is 4.47 Å². The van der Waals surface area contributed by atoms with E-state index in [1.54, 1.807) is 24.3 Å². The van der Waals surface area contributed by atoms with E-state index in [0.29, 0.717) is 11.4 Å². The molecule has 1 saturated heterocycles. The van der Waals surface area contributed by atoms with E-state index in [-0.39, 0.29) is 35.5 Å². The van der Waals surface area contributed by atoms with E-state index in [2.05, 4.69) is 28.1 Å².